The third-order valence-corrected chi connectivity index (χ3v) is 2.81. The lowest BCUT2D eigenvalue weighted by Gasteiger charge is -2.18. The molecule has 0 aliphatic heterocycles. The van der Waals surface area contributed by atoms with Crippen LogP contribution >= 0.6 is 0 Å². The molecule has 1 heterocycles. The lowest BCUT2D eigenvalue weighted by atomic mass is 10.1. The van der Waals surface area contributed by atoms with E-state index in [1.165, 1.54) is 0 Å². The number of hydrogen-bond donors (Lipinski definition) is 2. The van der Waals surface area contributed by atoms with Crippen molar-refractivity contribution in [1.29, 1.82) is 5.41 Å². The molecule has 1 unspecified atom stereocenters. The summed E-state index contributed by atoms with van der Waals surface area (Å²) >= 11 is 0. The maximum absolute atomic E-state index is 7.63. The summed E-state index contributed by atoms with van der Waals surface area (Å²) in [4.78, 5) is 0. The Bertz CT molecular complexity index is 443. The molecule has 5 nitrogen and oxygen atoms in total. The lowest BCUT2D eigenvalue weighted by Crippen LogP contribution is -2.21. The van der Waals surface area contributed by atoms with E-state index in [0.717, 1.165) is 17.7 Å². The molecule has 18 heavy (non-hydrogen) atoms. The molecule has 1 aromatic heterocycles. The largest absolute Gasteiger partial charge is 0.473 e. The summed E-state index contributed by atoms with van der Waals surface area (Å²) < 4.78 is 5.76. The molecule has 0 bridgehead atoms. The Balaban J connectivity index is 3.02. The van der Waals surface area contributed by atoms with E-state index >= 15 is 0 Å². The van der Waals surface area contributed by atoms with Gasteiger partial charge in [-0.3, -0.25) is 5.41 Å². The molecule has 0 fully saturated rings. The van der Waals surface area contributed by atoms with E-state index < -0.39 is 0 Å². The molecule has 0 saturated heterocycles. The van der Waals surface area contributed by atoms with E-state index in [2.05, 4.69) is 24.0 Å². The van der Waals surface area contributed by atoms with Gasteiger partial charge in [0.05, 0.1) is 17.4 Å². The first-order valence-electron chi connectivity index (χ1n) is 6.17. The molecule has 0 aromatic carbocycles. The average molecular weight is 250 g/mol. The SMILES string of the molecule is Cc1nnc(OC(C)CC(C)C)c(C(=N)N)c1C. The van der Waals surface area contributed by atoms with E-state index in [1.54, 1.807) is 0 Å². The van der Waals surface area contributed by atoms with Crippen molar-refractivity contribution in [3.63, 3.8) is 0 Å². The number of amidine groups is 1. The van der Waals surface area contributed by atoms with E-state index in [-0.39, 0.29) is 11.9 Å². The zero-order valence-corrected chi connectivity index (χ0v) is 11.7. The van der Waals surface area contributed by atoms with Crippen LogP contribution in [0.2, 0.25) is 0 Å². The summed E-state index contributed by atoms with van der Waals surface area (Å²) in [5.41, 5.74) is 7.77. The zero-order chi connectivity index (χ0) is 13.9. The summed E-state index contributed by atoms with van der Waals surface area (Å²) in [6, 6.07) is 0. The molecule has 0 aliphatic rings. The van der Waals surface area contributed by atoms with Crippen LogP contribution in [0.1, 0.15) is 44.0 Å². The van der Waals surface area contributed by atoms with Gasteiger partial charge in [-0.25, -0.2) is 0 Å². The summed E-state index contributed by atoms with van der Waals surface area (Å²) in [6.07, 6.45) is 0.950. The van der Waals surface area contributed by atoms with Gasteiger partial charge in [-0.15, -0.1) is 5.10 Å². The second-order valence-corrected chi connectivity index (χ2v) is 5.06. The predicted octanol–water partition coefficient (Wildman–Crippen LogP) is 2.19. The van der Waals surface area contributed by atoms with Crippen LogP contribution in [0.25, 0.3) is 0 Å². The van der Waals surface area contributed by atoms with Gasteiger partial charge in [-0.2, -0.15) is 5.10 Å². The zero-order valence-electron chi connectivity index (χ0n) is 11.7. The van der Waals surface area contributed by atoms with Crippen molar-refractivity contribution < 1.29 is 4.74 Å². The monoisotopic (exact) mass is 250 g/mol. The van der Waals surface area contributed by atoms with Crippen LogP contribution in [0.15, 0.2) is 0 Å². The Morgan fingerprint density at radius 2 is 1.89 bits per heavy atom. The number of aromatic nitrogens is 2. The number of ether oxygens (including phenoxy) is 1. The van der Waals surface area contributed by atoms with Gasteiger partial charge in [0, 0.05) is 0 Å². The summed E-state index contributed by atoms with van der Waals surface area (Å²) in [7, 11) is 0. The molecule has 3 N–H and O–H groups in total. The van der Waals surface area contributed by atoms with Crippen molar-refractivity contribution in [3.8, 4) is 5.88 Å². The number of nitrogens with zero attached hydrogens (tertiary/aromatic N) is 2. The van der Waals surface area contributed by atoms with Crippen molar-refractivity contribution in [2.45, 2.75) is 47.1 Å². The second-order valence-electron chi connectivity index (χ2n) is 5.06. The van der Waals surface area contributed by atoms with Gasteiger partial charge < -0.3 is 10.5 Å². The molecule has 5 heteroatoms. The first kappa shape index (κ1) is 14.4. The van der Waals surface area contributed by atoms with Gasteiger partial charge in [0.15, 0.2) is 0 Å². The minimum atomic E-state index is -0.0303. The molecule has 1 rings (SSSR count). The minimum absolute atomic E-state index is 0.0273. The van der Waals surface area contributed by atoms with E-state index in [4.69, 9.17) is 15.9 Å². The predicted molar refractivity (Wildman–Crippen MR) is 72.1 cm³/mol. The Hall–Kier alpha value is -1.65. The highest BCUT2D eigenvalue weighted by atomic mass is 16.5. The Morgan fingerprint density at radius 1 is 1.28 bits per heavy atom. The van der Waals surface area contributed by atoms with Gasteiger partial charge in [0.25, 0.3) is 0 Å². The smallest absolute Gasteiger partial charge is 0.245 e. The molecule has 0 aliphatic carbocycles. The van der Waals surface area contributed by atoms with Crippen molar-refractivity contribution in [2.24, 2.45) is 11.7 Å². The van der Waals surface area contributed by atoms with E-state index in [0.29, 0.717) is 17.4 Å². The van der Waals surface area contributed by atoms with Crippen LogP contribution in [-0.2, 0) is 0 Å². The van der Waals surface area contributed by atoms with Gasteiger partial charge in [-0.05, 0) is 38.7 Å². The average Bonchev–Trinajstić information content (AvgIpc) is 2.21. The second kappa shape index (κ2) is 5.80. The topological polar surface area (TPSA) is 84.9 Å². The number of nitrogens with two attached hydrogens (primary N) is 1. The lowest BCUT2D eigenvalue weighted by molar-refractivity contribution is 0.183. The molecule has 100 valence electrons. The maximum atomic E-state index is 7.63. The van der Waals surface area contributed by atoms with Crippen LogP contribution in [0, 0.1) is 25.2 Å². The van der Waals surface area contributed by atoms with Gasteiger partial charge in [0.1, 0.15) is 5.84 Å². The fraction of sp³-hybridized carbons (Fsp3) is 0.615. The van der Waals surface area contributed by atoms with Crippen LogP contribution in [0.5, 0.6) is 5.88 Å². The quantitative estimate of drug-likeness (QED) is 0.619. The van der Waals surface area contributed by atoms with Crippen molar-refractivity contribution >= 4 is 5.84 Å². The van der Waals surface area contributed by atoms with Gasteiger partial charge >= 0.3 is 0 Å². The Labute approximate surface area is 108 Å². The van der Waals surface area contributed by atoms with E-state index in [1.807, 2.05) is 20.8 Å². The van der Waals surface area contributed by atoms with Crippen LogP contribution in [0.3, 0.4) is 0 Å². The first-order valence-corrected chi connectivity index (χ1v) is 6.17. The van der Waals surface area contributed by atoms with Gasteiger partial charge in [-0.1, -0.05) is 13.8 Å². The maximum Gasteiger partial charge on any atom is 0.245 e. The fourth-order valence-corrected chi connectivity index (χ4v) is 1.89. The number of rotatable bonds is 5. The number of nitrogens with one attached hydrogen (secondary N) is 1. The standard InChI is InChI=1S/C13H22N4O/c1-7(2)6-8(3)18-13-11(12(14)15)9(4)10(5)16-17-13/h7-8H,6H2,1-5H3,(H3,14,15). The minimum Gasteiger partial charge on any atom is -0.473 e. The molecule has 0 radical (unpaired) electrons. The Morgan fingerprint density at radius 3 is 2.39 bits per heavy atom. The van der Waals surface area contributed by atoms with Gasteiger partial charge in [0.2, 0.25) is 5.88 Å². The molecular formula is C13H22N4O. The van der Waals surface area contributed by atoms with Crippen molar-refractivity contribution in [2.75, 3.05) is 0 Å². The number of aryl methyl sites for hydroxylation is 1. The first-order chi connectivity index (χ1) is 8.32. The third-order valence-electron chi connectivity index (χ3n) is 2.81. The fourth-order valence-electron chi connectivity index (χ4n) is 1.89. The molecule has 1 atom stereocenters. The van der Waals surface area contributed by atoms with Crippen LogP contribution in [-0.4, -0.2) is 22.1 Å². The van der Waals surface area contributed by atoms with Crippen molar-refractivity contribution in [3.05, 3.63) is 16.8 Å². The van der Waals surface area contributed by atoms with Crippen LogP contribution < -0.4 is 10.5 Å². The molecular weight excluding hydrogens is 228 g/mol. The highest BCUT2D eigenvalue weighted by molar-refractivity contribution is 5.98. The third kappa shape index (κ3) is 3.42. The highest BCUT2D eigenvalue weighted by Crippen LogP contribution is 2.22. The Kier molecular flexibility index (Phi) is 4.64. The molecule has 0 amide bonds. The van der Waals surface area contributed by atoms with E-state index in [9.17, 15) is 0 Å². The molecule has 0 saturated carbocycles. The van der Waals surface area contributed by atoms with Crippen LogP contribution in [0.4, 0.5) is 0 Å². The summed E-state index contributed by atoms with van der Waals surface area (Å²) in [6.45, 7) is 9.98. The highest BCUT2D eigenvalue weighted by Gasteiger charge is 2.17. The molecule has 0 spiro atoms. The van der Waals surface area contributed by atoms with Crippen molar-refractivity contribution in [1.82, 2.24) is 10.2 Å². The number of nitrogen functional groups attached to an aromatic ring is 1. The normalized spacial score (nSPS) is 12.6. The number of hydrogen-bond acceptors (Lipinski definition) is 4. The summed E-state index contributed by atoms with van der Waals surface area (Å²) in [5, 5.41) is 15.7. The summed E-state index contributed by atoms with van der Waals surface area (Å²) in [5.74, 6) is 0.872. The molecule has 1 aromatic rings.